The molecular weight excluding hydrogens is 312 g/mol. The van der Waals surface area contributed by atoms with Gasteiger partial charge in [0.05, 0.1) is 0 Å². The zero-order valence-corrected chi connectivity index (χ0v) is 15.0. The number of fused-ring (bicyclic) bond motifs is 1. The number of piperidine rings is 1. The van der Waals surface area contributed by atoms with Crippen molar-refractivity contribution in [3.05, 3.63) is 35.5 Å². The fourth-order valence-corrected chi connectivity index (χ4v) is 4.59. The van der Waals surface area contributed by atoms with Crippen molar-refractivity contribution in [1.82, 2.24) is 20.5 Å². The molecule has 5 nitrogen and oxygen atoms in total. The number of aromatic amines is 1. The van der Waals surface area contributed by atoms with Gasteiger partial charge >= 0.3 is 6.03 Å². The molecule has 4 rings (SSSR count). The average molecular weight is 340 g/mol. The Morgan fingerprint density at radius 3 is 3.04 bits per heavy atom. The summed E-state index contributed by atoms with van der Waals surface area (Å²) in [6.07, 6.45) is 4.43. The Balaban J connectivity index is 1.35. The minimum absolute atomic E-state index is 0.100. The monoisotopic (exact) mass is 340 g/mol. The normalized spacial score (nSPS) is 23.5. The lowest BCUT2D eigenvalue weighted by Gasteiger charge is -2.39. The summed E-state index contributed by atoms with van der Waals surface area (Å²) in [5, 5.41) is 7.87. The van der Waals surface area contributed by atoms with Crippen LogP contribution in [-0.4, -0.2) is 48.6 Å². The number of benzene rings is 1. The summed E-state index contributed by atoms with van der Waals surface area (Å²) >= 11 is 0. The van der Waals surface area contributed by atoms with Gasteiger partial charge in [-0.3, -0.25) is 0 Å². The number of amides is 2. The first kappa shape index (κ1) is 16.5. The number of hydrogen-bond donors (Lipinski definition) is 3. The third-order valence-electron chi connectivity index (χ3n) is 5.96. The number of nitrogens with zero attached hydrogens (tertiary/aromatic N) is 1. The van der Waals surface area contributed by atoms with Crippen LogP contribution < -0.4 is 10.6 Å². The van der Waals surface area contributed by atoms with Crippen LogP contribution in [0.2, 0.25) is 0 Å². The van der Waals surface area contributed by atoms with Gasteiger partial charge in [-0.2, -0.15) is 0 Å². The number of para-hydroxylation sites is 1. The number of hydrogen-bond acceptors (Lipinski definition) is 2. The molecule has 1 spiro atoms. The number of likely N-dealkylation sites (tertiary alicyclic amines) is 1. The quantitative estimate of drug-likeness (QED) is 0.805. The van der Waals surface area contributed by atoms with Crippen LogP contribution >= 0.6 is 0 Å². The Bertz CT molecular complexity index is 760. The van der Waals surface area contributed by atoms with Gasteiger partial charge in [0.25, 0.3) is 0 Å². The highest BCUT2D eigenvalue weighted by atomic mass is 16.2. The van der Waals surface area contributed by atoms with E-state index in [1.165, 1.54) is 35.0 Å². The van der Waals surface area contributed by atoms with Gasteiger partial charge in [-0.05, 0) is 50.8 Å². The zero-order chi connectivity index (χ0) is 17.3. The second-order valence-corrected chi connectivity index (χ2v) is 7.71. The predicted octanol–water partition coefficient (Wildman–Crippen LogP) is 2.80. The molecule has 0 radical (unpaired) electrons. The molecule has 1 unspecified atom stereocenters. The SMILES string of the molecule is Cc1[nH]c2ccccc2c1CCNC(=O)N1CCCC2(CCNC2)C1. The number of aryl methyl sites for hydroxylation is 1. The van der Waals surface area contributed by atoms with Gasteiger partial charge in [0, 0.05) is 48.2 Å². The molecule has 0 bridgehead atoms. The van der Waals surface area contributed by atoms with Crippen molar-refractivity contribution in [3.8, 4) is 0 Å². The molecule has 2 aliphatic rings. The van der Waals surface area contributed by atoms with E-state index in [4.69, 9.17) is 0 Å². The number of carbonyl (C=O) groups is 1. The lowest BCUT2D eigenvalue weighted by atomic mass is 9.79. The number of rotatable bonds is 3. The molecule has 0 saturated carbocycles. The number of aromatic nitrogens is 1. The van der Waals surface area contributed by atoms with Gasteiger partial charge in [-0.1, -0.05) is 18.2 Å². The van der Waals surface area contributed by atoms with E-state index in [-0.39, 0.29) is 6.03 Å². The topological polar surface area (TPSA) is 60.2 Å². The number of carbonyl (C=O) groups excluding carboxylic acids is 1. The molecule has 134 valence electrons. The molecule has 2 aromatic rings. The molecule has 2 aliphatic heterocycles. The molecule has 1 aromatic carbocycles. The summed E-state index contributed by atoms with van der Waals surface area (Å²) in [6, 6.07) is 8.47. The first-order chi connectivity index (χ1) is 12.2. The van der Waals surface area contributed by atoms with E-state index in [9.17, 15) is 4.79 Å². The van der Waals surface area contributed by atoms with E-state index in [1.54, 1.807) is 0 Å². The third kappa shape index (κ3) is 3.25. The highest BCUT2D eigenvalue weighted by molar-refractivity contribution is 5.84. The lowest BCUT2D eigenvalue weighted by molar-refractivity contribution is 0.118. The third-order valence-corrected chi connectivity index (χ3v) is 5.96. The Morgan fingerprint density at radius 2 is 2.20 bits per heavy atom. The van der Waals surface area contributed by atoms with Crippen LogP contribution in [0.3, 0.4) is 0 Å². The zero-order valence-electron chi connectivity index (χ0n) is 15.0. The molecule has 0 aliphatic carbocycles. The minimum Gasteiger partial charge on any atom is -0.358 e. The summed E-state index contributed by atoms with van der Waals surface area (Å²) in [7, 11) is 0. The molecule has 1 atom stereocenters. The molecule has 5 heteroatoms. The fraction of sp³-hybridized carbons (Fsp3) is 0.550. The Kier molecular flexibility index (Phi) is 4.42. The van der Waals surface area contributed by atoms with E-state index < -0.39 is 0 Å². The number of nitrogens with one attached hydrogen (secondary N) is 3. The molecule has 3 N–H and O–H groups in total. The van der Waals surface area contributed by atoms with Gasteiger partial charge in [0.15, 0.2) is 0 Å². The predicted molar refractivity (Wildman–Crippen MR) is 101 cm³/mol. The molecule has 2 saturated heterocycles. The smallest absolute Gasteiger partial charge is 0.317 e. The van der Waals surface area contributed by atoms with Gasteiger partial charge in [-0.15, -0.1) is 0 Å². The van der Waals surface area contributed by atoms with Crippen LogP contribution in [0.15, 0.2) is 24.3 Å². The molecule has 2 fully saturated rings. The number of urea groups is 1. The van der Waals surface area contributed by atoms with Crippen LogP contribution in [0.4, 0.5) is 4.79 Å². The first-order valence-electron chi connectivity index (χ1n) is 9.47. The van der Waals surface area contributed by atoms with E-state index in [2.05, 4.69) is 40.7 Å². The van der Waals surface area contributed by atoms with Crippen molar-refractivity contribution in [2.45, 2.75) is 32.6 Å². The fourth-order valence-electron chi connectivity index (χ4n) is 4.59. The highest BCUT2D eigenvalue weighted by Gasteiger charge is 2.39. The lowest BCUT2D eigenvalue weighted by Crippen LogP contribution is -2.50. The van der Waals surface area contributed by atoms with Gasteiger partial charge in [0.1, 0.15) is 0 Å². The summed E-state index contributed by atoms with van der Waals surface area (Å²) in [5.41, 5.74) is 4.01. The molecule has 2 amide bonds. The summed E-state index contributed by atoms with van der Waals surface area (Å²) in [6.45, 7) is 6.74. The maximum absolute atomic E-state index is 12.6. The van der Waals surface area contributed by atoms with Gasteiger partial charge in [-0.25, -0.2) is 4.79 Å². The summed E-state index contributed by atoms with van der Waals surface area (Å²) in [5.74, 6) is 0. The van der Waals surface area contributed by atoms with E-state index >= 15 is 0 Å². The van der Waals surface area contributed by atoms with Crippen LogP contribution in [-0.2, 0) is 6.42 Å². The standard InChI is InChI=1S/C20H28N4O/c1-15-16(17-5-2-3-6-18(17)23-15)7-10-22-19(25)24-12-4-8-20(14-24)9-11-21-13-20/h2-3,5-6,21,23H,4,7-14H2,1H3,(H,22,25). The van der Waals surface area contributed by atoms with Crippen LogP contribution in [0.1, 0.15) is 30.5 Å². The van der Waals surface area contributed by atoms with Crippen molar-refractivity contribution >= 4 is 16.9 Å². The second-order valence-electron chi connectivity index (χ2n) is 7.71. The second kappa shape index (κ2) is 6.71. The highest BCUT2D eigenvalue weighted by Crippen LogP contribution is 2.35. The van der Waals surface area contributed by atoms with E-state index in [1.807, 2.05) is 11.0 Å². The number of H-pyrrole nitrogens is 1. The largest absolute Gasteiger partial charge is 0.358 e. The van der Waals surface area contributed by atoms with Crippen molar-refractivity contribution in [3.63, 3.8) is 0 Å². The molecule has 25 heavy (non-hydrogen) atoms. The van der Waals surface area contributed by atoms with Gasteiger partial charge in [0.2, 0.25) is 0 Å². The minimum atomic E-state index is 0.100. The van der Waals surface area contributed by atoms with Crippen molar-refractivity contribution in [2.75, 3.05) is 32.7 Å². The Labute approximate surface area is 149 Å². The molecular formula is C20H28N4O. The maximum atomic E-state index is 12.6. The van der Waals surface area contributed by atoms with Crippen molar-refractivity contribution in [1.29, 1.82) is 0 Å². The molecule has 3 heterocycles. The van der Waals surface area contributed by atoms with Gasteiger partial charge < -0.3 is 20.5 Å². The van der Waals surface area contributed by atoms with Crippen LogP contribution in [0.25, 0.3) is 10.9 Å². The molecule has 1 aromatic heterocycles. The van der Waals surface area contributed by atoms with E-state index in [0.29, 0.717) is 12.0 Å². The first-order valence-corrected chi connectivity index (χ1v) is 9.47. The Morgan fingerprint density at radius 1 is 1.32 bits per heavy atom. The van der Waals surface area contributed by atoms with Crippen molar-refractivity contribution in [2.24, 2.45) is 5.41 Å². The summed E-state index contributed by atoms with van der Waals surface area (Å²) in [4.78, 5) is 18.1. The van der Waals surface area contributed by atoms with Crippen LogP contribution in [0, 0.1) is 12.3 Å². The van der Waals surface area contributed by atoms with Crippen molar-refractivity contribution < 1.29 is 4.79 Å². The van der Waals surface area contributed by atoms with Crippen LogP contribution in [0.5, 0.6) is 0 Å². The maximum Gasteiger partial charge on any atom is 0.317 e. The summed E-state index contributed by atoms with van der Waals surface area (Å²) < 4.78 is 0. The van der Waals surface area contributed by atoms with E-state index in [0.717, 1.165) is 39.0 Å². The average Bonchev–Trinajstić information content (AvgIpc) is 3.19. The Hall–Kier alpha value is -2.01.